The van der Waals surface area contributed by atoms with Crippen LogP contribution in [0.3, 0.4) is 0 Å². The van der Waals surface area contributed by atoms with Crippen molar-refractivity contribution in [1.82, 2.24) is 9.47 Å². The molecule has 1 aromatic heterocycles. The fourth-order valence-corrected chi connectivity index (χ4v) is 5.31. The maximum atomic E-state index is 14.1. The number of nitrogens with zero attached hydrogens (tertiary/aromatic N) is 2. The van der Waals surface area contributed by atoms with E-state index in [4.69, 9.17) is 11.6 Å². The molecule has 0 atom stereocenters. The Hall–Kier alpha value is -3.35. The van der Waals surface area contributed by atoms with Crippen molar-refractivity contribution in [3.63, 3.8) is 0 Å². The van der Waals surface area contributed by atoms with Crippen molar-refractivity contribution in [2.45, 2.75) is 26.4 Å². The molecule has 0 bridgehead atoms. The van der Waals surface area contributed by atoms with Crippen molar-refractivity contribution in [2.24, 2.45) is 0 Å². The van der Waals surface area contributed by atoms with Gasteiger partial charge < -0.3 is 4.57 Å². The molecule has 7 heteroatoms. The molecule has 0 radical (unpaired) electrons. The van der Waals surface area contributed by atoms with E-state index in [0.717, 1.165) is 45.1 Å². The molecule has 4 aromatic rings. The lowest BCUT2D eigenvalue weighted by atomic mass is 10.1. The van der Waals surface area contributed by atoms with Gasteiger partial charge in [-0.05, 0) is 53.6 Å². The Kier molecular flexibility index (Phi) is 6.50. The fourth-order valence-electron chi connectivity index (χ4n) is 4.35. The molecule has 0 saturated carbocycles. The van der Waals surface area contributed by atoms with E-state index < -0.39 is 17.0 Å². The van der Waals surface area contributed by atoms with Crippen LogP contribution in [0.1, 0.15) is 29.2 Å². The quantitative estimate of drug-likeness (QED) is 0.259. The fraction of sp³-hybridized carbons (Fsp3) is 0.143. The van der Waals surface area contributed by atoms with Gasteiger partial charge in [-0.3, -0.25) is 14.5 Å². The summed E-state index contributed by atoms with van der Waals surface area (Å²) in [4.78, 5) is 27.2. The highest BCUT2D eigenvalue weighted by molar-refractivity contribution is 8.18. The summed E-state index contributed by atoms with van der Waals surface area (Å²) in [6, 6.07) is 20.1. The lowest BCUT2D eigenvalue weighted by molar-refractivity contribution is -0.123. The number of amides is 2. The summed E-state index contributed by atoms with van der Waals surface area (Å²) < 4.78 is 16.3. The highest BCUT2D eigenvalue weighted by Gasteiger charge is 2.35. The normalized spacial score (nSPS) is 15.1. The van der Waals surface area contributed by atoms with E-state index >= 15 is 0 Å². The number of halogens is 2. The minimum atomic E-state index is -0.437. The third-order valence-electron chi connectivity index (χ3n) is 6.11. The van der Waals surface area contributed by atoms with Crippen LogP contribution in [-0.2, 0) is 24.3 Å². The van der Waals surface area contributed by atoms with Crippen LogP contribution in [0.2, 0.25) is 5.02 Å². The van der Waals surface area contributed by atoms with E-state index in [1.165, 1.54) is 11.6 Å². The summed E-state index contributed by atoms with van der Waals surface area (Å²) in [6.07, 6.45) is 4.65. The van der Waals surface area contributed by atoms with Gasteiger partial charge >= 0.3 is 0 Å². The molecule has 0 aliphatic carbocycles. The Bertz CT molecular complexity index is 1480. The third kappa shape index (κ3) is 4.64. The van der Waals surface area contributed by atoms with Gasteiger partial charge in [0, 0.05) is 34.3 Å². The number of hydrogen-bond donors (Lipinski definition) is 0. The number of imide groups is 1. The lowest BCUT2D eigenvalue weighted by Crippen LogP contribution is -2.27. The number of aryl methyl sites for hydroxylation is 1. The highest BCUT2D eigenvalue weighted by atomic mass is 35.5. The summed E-state index contributed by atoms with van der Waals surface area (Å²) in [5, 5.41) is 1.30. The largest absolute Gasteiger partial charge is 0.342 e. The number of hydrogen-bond acceptors (Lipinski definition) is 3. The van der Waals surface area contributed by atoms with Crippen LogP contribution in [0.5, 0.6) is 0 Å². The highest BCUT2D eigenvalue weighted by Crippen LogP contribution is 2.36. The first kappa shape index (κ1) is 23.4. The molecule has 0 unspecified atom stereocenters. The topological polar surface area (TPSA) is 42.3 Å². The van der Waals surface area contributed by atoms with E-state index in [1.807, 2.05) is 42.6 Å². The molecule has 1 fully saturated rings. The number of rotatable bonds is 6. The second-order valence-electron chi connectivity index (χ2n) is 8.36. The monoisotopic (exact) mass is 504 g/mol. The van der Waals surface area contributed by atoms with Crippen LogP contribution in [0.4, 0.5) is 9.18 Å². The van der Waals surface area contributed by atoms with E-state index in [1.54, 1.807) is 24.3 Å². The molecule has 3 aromatic carbocycles. The van der Waals surface area contributed by atoms with Crippen molar-refractivity contribution in [3.8, 4) is 0 Å². The van der Waals surface area contributed by atoms with Gasteiger partial charge in [0.05, 0.1) is 17.0 Å². The van der Waals surface area contributed by atoms with Gasteiger partial charge in [-0.2, -0.15) is 0 Å². The Morgan fingerprint density at radius 1 is 0.943 bits per heavy atom. The maximum Gasteiger partial charge on any atom is 0.293 e. The van der Waals surface area contributed by atoms with Gasteiger partial charge in [-0.15, -0.1) is 0 Å². The van der Waals surface area contributed by atoms with Crippen molar-refractivity contribution < 1.29 is 14.0 Å². The number of benzene rings is 3. The number of thioether (sulfide) groups is 1. The minimum absolute atomic E-state index is 0.0903. The molecule has 0 spiro atoms. The van der Waals surface area contributed by atoms with E-state index in [2.05, 4.69) is 17.6 Å². The lowest BCUT2D eigenvalue weighted by Gasteiger charge is -2.12. The maximum absolute atomic E-state index is 14.1. The molecule has 1 aliphatic heterocycles. The summed E-state index contributed by atoms with van der Waals surface area (Å²) >= 11 is 6.94. The molecule has 1 saturated heterocycles. The smallest absolute Gasteiger partial charge is 0.293 e. The van der Waals surface area contributed by atoms with Crippen LogP contribution < -0.4 is 0 Å². The zero-order chi connectivity index (χ0) is 24.5. The molecule has 2 amide bonds. The number of para-hydroxylation sites is 1. The molecular formula is C28H22ClFN2O2S. The first-order valence-corrected chi connectivity index (χ1v) is 12.5. The van der Waals surface area contributed by atoms with Crippen LogP contribution in [0, 0.1) is 5.82 Å². The Morgan fingerprint density at radius 2 is 1.69 bits per heavy atom. The number of fused-ring (bicyclic) bond motifs is 1. The van der Waals surface area contributed by atoms with E-state index in [0.29, 0.717) is 22.0 Å². The average molecular weight is 505 g/mol. The van der Waals surface area contributed by atoms with Crippen LogP contribution in [-0.4, -0.2) is 20.6 Å². The van der Waals surface area contributed by atoms with E-state index in [-0.39, 0.29) is 6.54 Å². The molecule has 35 heavy (non-hydrogen) atoms. The Balaban J connectivity index is 1.51. The SMILES string of the molecule is CCc1cccc2c(/C=C3\SC(=O)N(Cc4ccccc4F)C3=O)cn(Cc3ccc(Cl)cc3)c12. The molecular weight excluding hydrogens is 483 g/mol. The van der Waals surface area contributed by atoms with Gasteiger partial charge in [0.2, 0.25) is 0 Å². The molecule has 0 N–H and O–H groups in total. The predicted molar refractivity (Wildman–Crippen MR) is 140 cm³/mol. The van der Waals surface area contributed by atoms with Crippen LogP contribution in [0.25, 0.3) is 17.0 Å². The van der Waals surface area contributed by atoms with Crippen molar-refractivity contribution >= 4 is 51.5 Å². The summed E-state index contributed by atoms with van der Waals surface area (Å²) in [7, 11) is 0. The second-order valence-corrected chi connectivity index (χ2v) is 9.79. The zero-order valence-corrected chi connectivity index (χ0v) is 20.6. The standard InChI is InChI=1S/C28H22ClFN2O2S/c1-2-19-7-5-8-23-21(16-31(26(19)23)15-18-10-12-22(29)13-11-18)14-25-27(33)32(28(34)35-25)17-20-6-3-4-9-24(20)30/h3-14,16H,2,15,17H2,1H3/b25-14-. The molecule has 1 aliphatic rings. The number of carbonyl (C=O) groups excluding carboxylic acids is 2. The van der Waals surface area contributed by atoms with Crippen molar-refractivity contribution in [3.05, 3.63) is 111 Å². The average Bonchev–Trinajstić information content (AvgIpc) is 3.33. The Morgan fingerprint density at radius 3 is 2.43 bits per heavy atom. The van der Waals surface area contributed by atoms with Crippen molar-refractivity contribution in [2.75, 3.05) is 0 Å². The zero-order valence-electron chi connectivity index (χ0n) is 19.0. The summed E-state index contributed by atoms with van der Waals surface area (Å²) in [5.74, 6) is -0.846. The Labute approximate surface area is 212 Å². The van der Waals surface area contributed by atoms with Crippen LogP contribution >= 0.6 is 23.4 Å². The van der Waals surface area contributed by atoms with Gasteiger partial charge in [0.25, 0.3) is 11.1 Å². The van der Waals surface area contributed by atoms with Gasteiger partial charge in [-0.25, -0.2) is 4.39 Å². The van der Waals surface area contributed by atoms with Crippen molar-refractivity contribution in [1.29, 1.82) is 0 Å². The predicted octanol–water partition coefficient (Wildman–Crippen LogP) is 7.28. The van der Waals surface area contributed by atoms with E-state index in [9.17, 15) is 14.0 Å². The summed E-state index contributed by atoms with van der Waals surface area (Å²) in [6.45, 7) is 2.67. The van der Waals surface area contributed by atoms with Crippen LogP contribution in [0.15, 0.2) is 77.8 Å². The molecule has 5 rings (SSSR count). The number of aromatic nitrogens is 1. The minimum Gasteiger partial charge on any atom is -0.342 e. The third-order valence-corrected chi connectivity index (χ3v) is 7.27. The first-order chi connectivity index (χ1) is 16.9. The molecule has 4 nitrogen and oxygen atoms in total. The first-order valence-electron chi connectivity index (χ1n) is 11.3. The second kappa shape index (κ2) is 9.72. The molecule has 176 valence electrons. The van der Waals surface area contributed by atoms with Gasteiger partial charge in [0.15, 0.2) is 0 Å². The van der Waals surface area contributed by atoms with Gasteiger partial charge in [0.1, 0.15) is 5.82 Å². The summed E-state index contributed by atoms with van der Waals surface area (Å²) in [5.41, 5.74) is 4.57. The molecule has 2 heterocycles. The van der Waals surface area contributed by atoms with Gasteiger partial charge in [-0.1, -0.05) is 67.1 Å². The number of carbonyl (C=O) groups is 2.